The molecule has 83 heavy (non-hydrogen) atoms. The molecule has 34 heteroatoms. The van der Waals surface area contributed by atoms with E-state index in [0.717, 1.165) is 0 Å². The average Bonchev–Trinajstić information content (AvgIpc) is 3.43. The van der Waals surface area contributed by atoms with Crippen molar-refractivity contribution < 1.29 is 47.9 Å². The van der Waals surface area contributed by atoms with Crippen molar-refractivity contribution in [2.45, 2.75) is 70.6 Å². The molecule has 0 aromatic heterocycles. The Morgan fingerprint density at radius 3 is 0.723 bits per heavy atom. The van der Waals surface area contributed by atoms with Crippen LogP contribution in [0.25, 0.3) is 10.4 Å². The van der Waals surface area contributed by atoms with E-state index in [-0.39, 0.29) is 235 Å². The first-order valence-electron chi connectivity index (χ1n) is 26.9. The van der Waals surface area contributed by atoms with Crippen LogP contribution in [0.2, 0.25) is 0 Å². The molecule has 0 fully saturated rings. The highest BCUT2D eigenvalue weighted by Crippen LogP contribution is 2.01. The molecule has 10 N–H and O–H groups in total. The van der Waals surface area contributed by atoms with Crippen LogP contribution in [0.4, 0.5) is 0 Å². The average molecular weight is 1310 g/mol. The number of carbonyl (C=O) groups excluding carboxylic acids is 10. The molecule has 26 nitrogen and oxygen atoms in total. The zero-order valence-electron chi connectivity index (χ0n) is 47.1. The Balaban J connectivity index is 5.47. The maximum Gasteiger partial charge on any atom is 0.221 e. The van der Waals surface area contributed by atoms with Gasteiger partial charge in [-0.25, -0.2) is 0 Å². The van der Waals surface area contributed by atoms with Crippen LogP contribution in [0.1, 0.15) is 70.6 Å². The molecule has 0 atom stereocenters. The van der Waals surface area contributed by atoms with Crippen LogP contribution in [0, 0.1) is 22.7 Å². The van der Waals surface area contributed by atoms with E-state index >= 15 is 0 Å². The van der Waals surface area contributed by atoms with Crippen molar-refractivity contribution in [1.82, 2.24) is 67.9 Å². The molecule has 0 aromatic carbocycles. The first-order chi connectivity index (χ1) is 39.6. The first kappa shape index (κ1) is 77.8. The predicted octanol–water partition coefficient (Wildman–Crippen LogP) is -3.67. The van der Waals surface area contributed by atoms with E-state index in [1.54, 1.807) is 0 Å². The lowest BCUT2D eigenvalue weighted by molar-refractivity contribution is -0.123. The Morgan fingerprint density at radius 1 is 0.325 bits per heavy atom. The van der Waals surface area contributed by atoms with Crippen LogP contribution >= 0.6 is 0 Å². The van der Waals surface area contributed by atoms with E-state index in [0.29, 0.717) is 49.1 Å². The molecule has 0 radical (unpaired) electrons. The zero-order valence-corrected chi connectivity index (χ0v) is 53.6. The summed E-state index contributed by atoms with van der Waals surface area (Å²) in [6.45, 7) is 4.81. The van der Waals surface area contributed by atoms with Gasteiger partial charge in [0.2, 0.25) is 59.1 Å². The van der Waals surface area contributed by atoms with Gasteiger partial charge in [-0.15, -0.1) is 58.2 Å². The SMILES string of the molecule is C#S(=S)CCC(=O)NCCNC(=O)CCN(CCNC(=O)CCN(CCCN=[N+]=[N-])CCC(=O)NCCN(CCC(=O)NCCNC(=O)CCS(#C)=S)CCC(=O)NCCNC(=O)CCS(#C)=S)CCC(=O)NCCNC(=O)CCS(#C)=S. The van der Waals surface area contributed by atoms with E-state index in [1.807, 2.05) is 14.7 Å². The molecule has 0 heterocycles. The van der Waals surface area contributed by atoms with Crippen molar-refractivity contribution in [3.63, 3.8) is 0 Å². The lowest BCUT2D eigenvalue weighted by atomic mass is 10.2. The third-order valence-electron chi connectivity index (χ3n) is 11.4. The Labute approximate surface area is 514 Å². The summed E-state index contributed by atoms with van der Waals surface area (Å²) in [5.74, 6) is -1.03. The van der Waals surface area contributed by atoms with E-state index in [1.165, 1.54) is 0 Å². The highest BCUT2D eigenvalue weighted by Gasteiger charge is 2.16. The molecule has 0 unspecified atom stereocenters. The smallest absolute Gasteiger partial charge is 0.221 e. The van der Waals surface area contributed by atoms with Gasteiger partial charge in [-0.05, 0) is 63.2 Å². The van der Waals surface area contributed by atoms with Crippen LogP contribution in [0.3, 0.4) is 0 Å². The van der Waals surface area contributed by atoms with Crippen molar-refractivity contribution in [2.75, 3.05) is 154 Å². The zero-order chi connectivity index (χ0) is 62.0. The first-order valence-corrected chi connectivity index (χ1v) is 36.5. The number of carbonyl (C=O) groups is 10. The second-order valence-corrected chi connectivity index (χ2v) is 28.0. The predicted molar refractivity (Wildman–Crippen MR) is 342 cm³/mol. The van der Waals surface area contributed by atoms with Crippen LogP contribution in [0.15, 0.2) is 5.11 Å². The standard InChI is InChI=1S/C49H84N16O10S8/c1-80(76)36-12-46(72)55-21-17-51-40(66)8-30-64(31-9-41(67)52-18-22-56-47(73)13-37-81(2)77)34-25-59-44(70)6-28-63(27-5-16-61-62-50)29-7-45(71)60-26-35-65(32-10-42(68)53-19-23-57-48(74)14-38-82(3)78)33-11-43(69)54-20-24-58-49(75)15-39-83(4)79/h1-4H,5-39H2,(H,51,66)(H,52,67)(H,53,68)(H,54,69)(H,55,72)(H,56,73)(H,57,74)(H,58,75)(H,59,70)(H,60,71). The number of azide groups is 1. The molecule has 468 valence electrons. The molecule has 0 aliphatic rings. The van der Waals surface area contributed by atoms with Crippen molar-refractivity contribution in [2.24, 2.45) is 5.11 Å². The number of amides is 10. The summed E-state index contributed by atoms with van der Waals surface area (Å²) < 4.78 is 0. The minimum atomic E-state index is -0.771. The monoisotopic (exact) mass is 1310 g/mol. The fraction of sp³-hybridized carbons (Fsp3) is 0.714. The maximum absolute atomic E-state index is 13.2. The van der Waals surface area contributed by atoms with E-state index < -0.39 is 35.4 Å². The lowest BCUT2D eigenvalue weighted by Crippen LogP contribution is -2.41. The van der Waals surface area contributed by atoms with Crippen molar-refractivity contribution >= 4 is 139 Å². The molecule has 0 saturated heterocycles. The molecule has 0 aromatic rings. The topological polar surface area (TPSA) is 349 Å². The molecule has 0 saturated carbocycles. The normalized spacial score (nSPS) is 10.6. The molecule has 10 amide bonds. The third kappa shape index (κ3) is 52.1. The quantitative estimate of drug-likeness (QED) is 0.0121. The van der Waals surface area contributed by atoms with E-state index in [9.17, 15) is 47.9 Å². The van der Waals surface area contributed by atoms with E-state index in [2.05, 4.69) is 63.2 Å². The summed E-state index contributed by atoms with van der Waals surface area (Å²) in [5, 5.41) is 31.2. The van der Waals surface area contributed by atoms with Gasteiger partial charge in [0.15, 0.2) is 0 Å². The summed E-state index contributed by atoms with van der Waals surface area (Å²) in [7, 11) is -3.08. The van der Waals surface area contributed by atoms with Crippen LogP contribution in [-0.2, 0) is 128 Å². The number of nitrogens with one attached hydrogen (secondary N) is 10. The van der Waals surface area contributed by atoms with Crippen LogP contribution in [0.5, 0.6) is 0 Å². The van der Waals surface area contributed by atoms with Gasteiger partial charge in [-0.1, -0.05) is 5.11 Å². The minimum Gasteiger partial charge on any atom is -0.355 e. The van der Waals surface area contributed by atoms with Gasteiger partial charge >= 0.3 is 0 Å². The highest BCUT2D eigenvalue weighted by molar-refractivity contribution is 8.23. The highest BCUT2D eigenvalue weighted by atomic mass is 32.8. The molecule has 0 bridgehead atoms. The molecular weight excluding hydrogens is 1230 g/mol. The van der Waals surface area contributed by atoms with Crippen molar-refractivity contribution in [3.8, 4) is 22.7 Å². The van der Waals surface area contributed by atoms with Crippen molar-refractivity contribution in [1.29, 1.82) is 0 Å². The van der Waals surface area contributed by atoms with Gasteiger partial charge in [-0.2, -0.15) is 0 Å². The van der Waals surface area contributed by atoms with Crippen LogP contribution in [-0.4, -0.2) is 228 Å². The van der Waals surface area contributed by atoms with Gasteiger partial charge in [0, 0.05) is 216 Å². The number of rotatable bonds is 48. The largest absolute Gasteiger partial charge is 0.355 e. The Hall–Kier alpha value is -5.23. The fourth-order valence-corrected chi connectivity index (χ4v) is 9.50. The molecule has 0 rings (SSSR count). The second-order valence-electron chi connectivity index (χ2n) is 18.2. The minimum absolute atomic E-state index is 0.0666. The summed E-state index contributed by atoms with van der Waals surface area (Å²) in [6.07, 6.45) is 1.65. The number of nitrogens with zero attached hydrogens (tertiary/aromatic N) is 6. The molecule has 0 spiro atoms. The van der Waals surface area contributed by atoms with Gasteiger partial charge in [0.05, 0.1) is 0 Å². The summed E-state index contributed by atoms with van der Waals surface area (Å²) in [5.41, 5.74) is 31.0. The van der Waals surface area contributed by atoms with Crippen LogP contribution < -0.4 is 53.2 Å². The maximum atomic E-state index is 13.2. The van der Waals surface area contributed by atoms with E-state index in [4.69, 9.17) is 73.0 Å². The Kier molecular flexibility index (Phi) is 48.0. The summed E-state index contributed by atoms with van der Waals surface area (Å²) >= 11 is 19.6. The van der Waals surface area contributed by atoms with Gasteiger partial charge in [0.1, 0.15) is 0 Å². The Bertz CT molecular complexity index is 2390. The summed E-state index contributed by atoms with van der Waals surface area (Å²) in [4.78, 5) is 134. The third-order valence-corrected chi connectivity index (χ3v) is 15.9. The van der Waals surface area contributed by atoms with Gasteiger partial charge < -0.3 is 67.9 Å². The van der Waals surface area contributed by atoms with Gasteiger partial charge in [-0.3, -0.25) is 47.9 Å². The number of hydrogen-bond acceptors (Lipinski definition) is 18. The second kappa shape index (κ2) is 51.2. The molecular formula is C49H84N16O10S8. The molecule has 0 aliphatic heterocycles. The lowest BCUT2D eigenvalue weighted by Gasteiger charge is -2.24. The fourth-order valence-electron chi connectivity index (χ4n) is 6.95. The molecule has 0 aliphatic carbocycles. The van der Waals surface area contributed by atoms with Crippen molar-refractivity contribution in [3.05, 3.63) is 10.4 Å². The van der Waals surface area contributed by atoms with Gasteiger partial charge in [0.25, 0.3) is 0 Å². The summed E-state index contributed by atoms with van der Waals surface area (Å²) in [6, 6.07) is 0. The number of hydrogen-bond donors (Lipinski definition) is 10. The Morgan fingerprint density at radius 2 is 0.518 bits per heavy atom.